The standard InChI is InChI=1S/C23H28.C22H26.14C2H6/c1-4-17-9-5-7-11-21(17)19-13-16(2)23(3)20(15-19)14-18-10-6-8-12-22(18)23;1-15-8-4-6-10-20(15)18-12-16(2)22(3)19(14-18)13-17-9-5-7-11-21(17)22;14*1-2/h5-12,16,19-20H,4,13-15H2,1-3H3;4-11,16,18-19H,12-14H2,1-3H3;14*1-2H3/t16-,19?,20+,23+;16-,18?,19+,22+;;;;;;;;;;;;;;/m00............../s1. The van der Waals surface area contributed by atoms with Crippen molar-refractivity contribution in [3.8, 4) is 0 Å². The fourth-order valence-corrected chi connectivity index (χ4v) is 10.9. The predicted molar refractivity (Wildman–Crippen MR) is 350 cm³/mol. The van der Waals surface area contributed by atoms with E-state index in [1.807, 2.05) is 194 Å². The van der Waals surface area contributed by atoms with Crippen LogP contribution in [-0.4, -0.2) is 0 Å². The predicted octanol–water partition coefficient (Wildman–Crippen LogP) is 25.9. The first-order valence-corrected chi connectivity index (χ1v) is 32.0. The molecule has 4 aromatic rings. The highest BCUT2D eigenvalue weighted by atomic mass is 14.6. The largest absolute Gasteiger partial charge is 0.0683 e. The Labute approximate surface area is 466 Å². The third-order valence-electron chi connectivity index (χ3n) is 13.8. The van der Waals surface area contributed by atoms with Crippen LogP contribution in [0.4, 0.5) is 0 Å². The van der Waals surface area contributed by atoms with Gasteiger partial charge in [0.15, 0.2) is 0 Å². The Morgan fingerprint density at radius 2 is 0.630 bits per heavy atom. The normalized spacial score (nSPS) is 21.4. The van der Waals surface area contributed by atoms with Crippen LogP contribution in [0.25, 0.3) is 0 Å². The SMILES string of the molecule is CC.CC.CC.CC.CC.CC.CC.CC.CC.CC.CC.CC.CC.CC.CCc1ccccc1C1C[C@H]2Cc3ccccc3[C@]2(C)[C@@H](C)C1.Cc1ccccc1C1C[C@H]2Cc3ccccc3[C@]2(C)[C@@H](C)C1. The van der Waals surface area contributed by atoms with Crippen LogP contribution in [0.5, 0.6) is 0 Å². The summed E-state index contributed by atoms with van der Waals surface area (Å²) in [5.41, 5.74) is 13.5. The molecule has 0 aromatic heterocycles. The molecule has 8 rings (SSSR count). The Hall–Kier alpha value is -3.12. The van der Waals surface area contributed by atoms with Gasteiger partial charge in [0.1, 0.15) is 0 Å². The van der Waals surface area contributed by atoms with Crippen molar-refractivity contribution >= 4 is 0 Å². The Morgan fingerprint density at radius 3 is 0.959 bits per heavy atom. The van der Waals surface area contributed by atoms with Gasteiger partial charge in [0.2, 0.25) is 0 Å². The molecule has 8 atom stereocenters. The molecule has 0 N–H and O–H groups in total. The van der Waals surface area contributed by atoms with Gasteiger partial charge >= 0.3 is 0 Å². The molecule has 0 heterocycles. The molecule has 2 fully saturated rings. The summed E-state index contributed by atoms with van der Waals surface area (Å²) in [4.78, 5) is 0. The summed E-state index contributed by atoms with van der Waals surface area (Å²) in [6.45, 7) is 70.6. The highest BCUT2D eigenvalue weighted by molar-refractivity contribution is 5.44. The molecular formula is C73H138. The van der Waals surface area contributed by atoms with E-state index in [2.05, 4.69) is 139 Å². The number of rotatable bonds is 3. The summed E-state index contributed by atoms with van der Waals surface area (Å²) in [7, 11) is 0. The van der Waals surface area contributed by atoms with Crippen molar-refractivity contribution in [1.29, 1.82) is 0 Å². The Morgan fingerprint density at radius 1 is 0.356 bits per heavy atom. The van der Waals surface area contributed by atoms with Crippen molar-refractivity contribution < 1.29 is 0 Å². The van der Waals surface area contributed by atoms with Crippen molar-refractivity contribution in [3.05, 3.63) is 142 Å². The van der Waals surface area contributed by atoms with E-state index in [0.29, 0.717) is 10.8 Å². The smallest absolute Gasteiger partial charge is 0.00151 e. The summed E-state index contributed by atoms with van der Waals surface area (Å²) in [6.07, 6.45) is 9.07. The maximum atomic E-state index is 2.54. The lowest BCUT2D eigenvalue weighted by Crippen LogP contribution is -2.41. The Balaban J connectivity index is -0.000000131. The minimum atomic E-state index is 0.383. The lowest BCUT2D eigenvalue weighted by molar-refractivity contribution is 0.133. The zero-order valence-corrected chi connectivity index (χ0v) is 56.7. The number of aryl methyl sites for hydroxylation is 2. The average molecular weight is 1020 g/mol. The molecule has 0 radical (unpaired) electrons. The topological polar surface area (TPSA) is 0 Å². The summed E-state index contributed by atoms with van der Waals surface area (Å²) in [6, 6.07) is 36.6. The van der Waals surface area contributed by atoms with Crippen LogP contribution in [-0.2, 0) is 30.1 Å². The number of fused-ring (bicyclic) bond motifs is 6. The van der Waals surface area contributed by atoms with E-state index in [0.717, 1.165) is 41.9 Å². The average Bonchev–Trinajstić information content (AvgIpc) is 3.99. The molecule has 0 spiro atoms. The van der Waals surface area contributed by atoms with Gasteiger partial charge in [0.05, 0.1) is 0 Å². The molecule has 4 aliphatic carbocycles. The molecule has 73 heavy (non-hydrogen) atoms. The molecule has 0 aliphatic heterocycles. The van der Waals surface area contributed by atoms with Crippen LogP contribution in [0.3, 0.4) is 0 Å². The molecule has 0 amide bonds. The lowest BCUT2D eigenvalue weighted by atomic mass is 9.58. The Bertz CT molecular complexity index is 1660. The number of hydrogen-bond donors (Lipinski definition) is 0. The minimum absolute atomic E-state index is 0.383. The molecule has 4 aliphatic rings. The molecule has 4 aromatic carbocycles. The van der Waals surface area contributed by atoms with Gasteiger partial charge < -0.3 is 0 Å². The molecule has 0 saturated heterocycles. The van der Waals surface area contributed by atoms with Crippen molar-refractivity contribution in [3.63, 3.8) is 0 Å². The molecule has 430 valence electrons. The third-order valence-corrected chi connectivity index (χ3v) is 13.8. The van der Waals surface area contributed by atoms with E-state index >= 15 is 0 Å². The molecule has 2 unspecified atom stereocenters. The Kier molecular flexibility index (Phi) is 69.0. The van der Waals surface area contributed by atoms with Gasteiger partial charge in [0, 0.05) is 0 Å². The van der Waals surface area contributed by atoms with Gasteiger partial charge in [-0.1, -0.05) is 326 Å². The van der Waals surface area contributed by atoms with Gasteiger partial charge in [-0.05, 0) is 143 Å². The van der Waals surface area contributed by atoms with Gasteiger partial charge in [-0.3, -0.25) is 0 Å². The van der Waals surface area contributed by atoms with E-state index in [1.54, 1.807) is 38.9 Å². The second-order valence-corrected chi connectivity index (χ2v) is 15.7. The highest BCUT2D eigenvalue weighted by Crippen LogP contribution is 2.59. The van der Waals surface area contributed by atoms with Crippen molar-refractivity contribution in [1.82, 2.24) is 0 Å². The van der Waals surface area contributed by atoms with Crippen molar-refractivity contribution in [2.75, 3.05) is 0 Å². The summed E-state index contributed by atoms with van der Waals surface area (Å²) in [5.74, 6) is 4.59. The second kappa shape index (κ2) is 58.1. The zero-order valence-electron chi connectivity index (χ0n) is 56.7. The number of hydrogen-bond acceptors (Lipinski definition) is 0. The first-order chi connectivity index (χ1) is 35.7. The third kappa shape index (κ3) is 25.1. The van der Waals surface area contributed by atoms with E-state index in [-0.39, 0.29) is 0 Å². The molecule has 0 heteroatoms. The van der Waals surface area contributed by atoms with Crippen LogP contribution < -0.4 is 0 Å². The molecule has 2 saturated carbocycles. The first kappa shape index (κ1) is 86.6. The first-order valence-electron chi connectivity index (χ1n) is 32.0. The van der Waals surface area contributed by atoms with Crippen LogP contribution in [0.2, 0.25) is 0 Å². The monoisotopic (exact) mass is 1020 g/mol. The molecular weight excluding hydrogens is 877 g/mol. The summed E-state index contributed by atoms with van der Waals surface area (Å²) in [5, 5.41) is 0. The zero-order chi connectivity index (χ0) is 59.3. The number of benzene rings is 4. The van der Waals surface area contributed by atoms with E-state index < -0.39 is 0 Å². The van der Waals surface area contributed by atoms with Crippen molar-refractivity contribution in [2.45, 2.75) is 303 Å². The maximum absolute atomic E-state index is 2.54. The van der Waals surface area contributed by atoms with Gasteiger partial charge in [0.25, 0.3) is 0 Å². The summed E-state index contributed by atoms with van der Waals surface area (Å²) >= 11 is 0. The minimum Gasteiger partial charge on any atom is -0.0683 e. The van der Waals surface area contributed by atoms with Crippen molar-refractivity contribution in [2.24, 2.45) is 23.7 Å². The summed E-state index contributed by atoms with van der Waals surface area (Å²) < 4.78 is 0. The fraction of sp³-hybridized carbons (Fsp3) is 0.671. The lowest BCUT2D eigenvalue weighted by Gasteiger charge is -2.46. The van der Waals surface area contributed by atoms with E-state index in [9.17, 15) is 0 Å². The second-order valence-electron chi connectivity index (χ2n) is 15.7. The van der Waals surface area contributed by atoms with Gasteiger partial charge in [-0.2, -0.15) is 0 Å². The van der Waals surface area contributed by atoms with Gasteiger partial charge in [-0.15, -0.1) is 0 Å². The van der Waals surface area contributed by atoms with Crippen LogP contribution in [0.1, 0.15) is 311 Å². The quantitative estimate of drug-likeness (QED) is 0.192. The highest BCUT2D eigenvalue weighted by Gasteiger charge is 2.52. The molecule has 0 bridgehead atoms. The van der Waals surface area contributed by atoms with Crippen LogP contribution in [0.15, 0.2) is 97.1 Å². The fourth-order valence-electron chi connectivity index (χ4n) is 10.9. The molecule has 0 nitrogen and oxygen atoms in total. The van der Waals surface area contributed by atoms with Gasteiger partial charge in [-0.25, -0.2) is 0 Å². The van der Waals surface area contributed by atoms with Crippen LogP contribution in [0, 0.1) is 30.6 Å². The van der Waals surface area contributed by atoms with E-state index in [4.69, 9.17) is 0 Å². The van der Waals surface area contributed by atoms with Crippen LogP contribution >= 0.6 is 0 Å². The van der Waals surface area contributed by atoms with E-state index in [1.165, 1.54) is 44.1 Å². The maximum Gasteiger partial charge on any atom is -0.00151 e.